The average molecular weight is 260 g/mol. The summed E-state index contributed by atoms with van der Waals surface area (Å²) in [5.74, 6) is -0.252. The van der Waals surface area contributed by atoms with Crippen LogP contribution in [0.5, 0.6) is 0 Å². The number of hydrogen-bond acceptors (Lipinski definition) is 4. The highest BCUT2D eigenvalue weighted by Crippen LogP contribution is 2.20. The van der Waals surface area contributed by atoms with Crippen LogP contribution < -0.4 is 0 Å². The Morgan fingerprint density at radius 1 is 1.41 bits per heavy atom. The Kier molecular flexibility index (Phi) is 5.41. The molecular weight excluding hydrogens is 242 g/mol. The summed E-state index contributed by atoms with van der Waals surface area (Å²) >= 11 is 5.87. The molecule has 1 aromatic heterocycles. The fourth-order valence-corrected chi connectivity index (χ4v) is 1.97. The van der Waals surface area contributed by atoms with Crippen molar-refractivity contribution in [1.29, 1.82) is 0 Å². The van der Waals surface area contributed by atoms with Crippen LogP contribution in [0.15, 0.2) is 0 Å². The van der Waals surface area contributed by atoms with Crippen LogP contribution in [0.1, 0.15) is 55.8 Å². The van der Waals surface area contributed by atoms with E-state index in [0.29, 0.717) is 12.3 Å². The van der Waals surface area contributed by atoms with E-state index >= 15 is 0 Å². The number of carbonyl (C=O) groups is 1. The highest BCUT2D eigenvalue weighted by Gasteiger charge is 2.22. The summed E-state index contributed by atoms with van der Waals surface area (Å²) < 4.78 is 6.65. The molecule has 0 saturated heterocycles. The van der Waals surface area contributed by atoms with Crippen LogP contribution in [-0.4, -0.2) is 27.6 Å². The third kappa shape index (κ3) is 2.97. The number of carbonyl (C=O) groups excluding carboxylic acids is 1. The molecule has 0 spiro atoms. The SMILES string of the molecule is CCOC(=O)c1nnn(C(CC)CC)c1CCl. The zero-order valence-electron chi connectivity index (χ0n) is 10.4. The second-order valence-corrected chi connectivity index (χ2v) is 3.92. The zero-order chi connectivity index (χ0) is 12.8. The van der Waals surface area contributed by atoms with E-state index in [1.165, 1.54) is 0 Å². The second-order valence-electron chi connectivity index (χ2n) is 3.65. The van der Waals surface area contributed by atoms with Crippen molar-refractivity contribution in [1.82, 2.24) is 15.0 Å². The Labute approximate surface area is 106 Å². The number of esters is 1. The fraction of sp³-hybridized carbons (Fsp3) is 0.727. The van der Waals surface area contributed by atoms with E-state index in [-0.39, 0.29) is 17.6 Å². The lowest BCUT2D eigenvalue weighted by Gasteiger charge is -2.14. The number of aromatic nitrogens is 3. The normalized spacial score (nSPS) is 10.9. The summed E-state index contributed by atoms with van der Waals surface area (Å²) in [7, 11) is 0. The maximum Gasteiger partial charge on any atom is 0.360 e. The van der Waals surface area contributed by atoms with Gasteiger partial charge in [-0.1, -0.05) is 19.1 Å². The van der Waals surface area contributed by atoms with Crippen molar-refractivity contribution in [3.63, 3.8) is 0 Å². The van der Waals surface area contributed by atoms with Gasteiger partial charge in [-0.25, -0.2) is 9.48 Å². The molecule has 1 heterocycles. The van der Waals surface area contributed by atoms with E-state index in [0.717, 1.165) is 12.8 Å². The van der Waals surface area contributed by atoms with Gasteiger partial charge in [-0.15, -0.1) is 16.7 Å². The van der Waals surface area contributed by atoms with E-state index in [9.17, 15) is 4.79 Å². The predicted octanol–water partition coefficient (Wildman–Crippen LogP) is 2.55. The van der Waals surface area contributed by atoms with E-state index < -0.39 is 5.97 Å². The van der Waals surface area contributed by atoms with E-state index in [4.69, 9.17) is 16.3 Å². The maximum atomic E-state index is 11.6. The topological polar surface area (TPSA) is 57.0 Å². The lowest BCUT2D eigenvalue weighted by Crippen LogP contribution is -2.14. The molecule has 5 nitrogen and oxygen atoms in total. The molecule has 6 heteroatoms. The quantitative estimate of drug-likeness (QED) is 0.582. The van der Waals surface area contributed by atoms with Gasteiger partial charge in [0.15, 0.2) is 5.69 Å². The molecule has 0 aromatic carbocycles. The molecule has 0 aliphatic carbocycles. The molecule has 1 rings (SSSR count). The third-order valence-electron chi connectivity index (χ3n) is 2.67. The molecule has 0 saturated carbocycles. The number of halogens is 1. The van der Waals surface area contributed by atoms with E-state index in [1.807, 2.05) is 0 Å². The molecule has 0 unspecified atom stereocenters. The standard InChI is InChI=1S/C11H18ClN3O2/c1-4-8(5-2)15-9(7-12)10(13-14-15)11(16)17-6-3/h8H,4-7H2,1-3H3. The molecule has 0 aliphatic heterocycles. The Morgan fingerprint density at radius 2 is 2.06 bits per heavy atom. The van der Waals surface area contributed by atoms with Crippen molar-refractivity contribution < 1.29 is 9.53 Å². The lowest BCUT2D eigenvalue weighted by atomic mass is 10.1. The fourth-order valence-electron chi connectivity index (χ4n) is 1.72. The van der Waals surface area contributed by atoms with Gasteiger partial charge < -0.3 is 4.74 Å². The first-order chi connectivity index (χ1) is 8.19. The van der Waals surface area contributed by atoms with Gasteiger partial charge in [0, 0.05) is 0 Å². The Balaban J connectivity index is 3.06. The number of ether oxygens (including phenoxy) is 1. The Bertz CT molecular complexity index is 375. The Hall–Kier alpha value is -1.10. The van der Waals surface area contributed by atoms with Gasteiger partial charge in [-0.2, -0.15) is 0 Å². The highest BCUT2D eigenvalue weighted by molar-refractivity contribution is 6.17. The first-order valence-electron chi connectivity index (χ1n) is 5.86. The predicted molar refractivity (Wildman–Crippen MR) is 65.2 cm³/mol. The molecule has 0 N–H and O–H groups in total. The van der Waals surface area contributed by atoms with Crippen LogP contribution in [0.25, 0.3) is 0 Å². The van der Waals surface area contributed by atoms with Crippen LogP contribution in [0, 0.1) is 0 Å². The second kappa shape index (κ2) is 6.59. The van der Waals surface area contributed by atoms with E-state index in [1.54, 1.807) is 11.6 Å². The molecule has 0 fully saturated rings. The van der Waals surface area contributed by atoms with Crippen molar-refractivity contribution in [3.05, 3.63) is 11.4 Å². The minimum Gasteiger partial charge on any atom is -0.461 e. The van der Waals surface area contributed by atoms with Gasteiger partial charge in [0.1, 0.15) is 0 Å². The zero-order valence-corrected chi connectivity index (χ0v) is 11.2. The van der Waals surface area contributed by atoms with Gasteiger partial charge >= 0.3 is 5.97 Å². The van der Waals surface area contributed by atoms with Gasteiger partial charge in [-0.05, 0) is 19.8 Å². The van der Waals surface area contributed by atoms with Crippen molar-refractivity contribution in [2.24, 2.45) is 0 Å². The van der Waals surface area contributed by atoms with Gasteiger partial charge in [0.2, 0.25) is 0 Å². The molecule has 0 bridgehead atoms. The summed E-state index contributed by atoms with van der Waals surface area (Å²) in [4.78, 5) is 11.6. The molecule has 96 valence electrons. The third-order valence-corrected chi connectivity index (χ3v) is 2.93. The van der Waals surface area contributed by atoms with Crippen molar-refractivity contribution in [2.75, 3.05) is 6.61 Å². The lowest BCUT2D eigenvalue weighted by molar-refractivity contribution is 0.0518. The summed E-state index contributed by atoms with van der Waals surface area (Å²) in [6, 6.07) is 0.222. The van der Waals surface area contributed by atoms with Gasteiger partial charge in [0.25, 0.3) is 0 Å². The summed E-state index contributed by atoms with van der Waals surface area (Å²) in [6.07, 6.45) is 1.85. The maximum absolute atomic E-state index is 11.6. The number of hydrogen-bond donors (Lipinski definition) is 0. The van der Waals surface area contributed by atoms with Crippen LogP contribution in [-0.2, 0) is 10.6 Å². The minimum atomic E-state index is -0.458. The van der Waals surface area contributed by atoms with Gasteiger partial charge in [-0.3, -0.25) is 0 Å². The summed E-state index contributed by atoms with van der Waals surface area (Å²) in [5, 5.41) is 7.89. The van der Waals surface area contributed by atoms with Crippen molar-refractivity contribution >= 4 is 17.6 Å². The van der Waals surface area contributed by atoms with Crippen LogP contribution in [0.2, 0.25) is 0 Å². The smallest absolute Gasteiger partial charge is 0.360 e. The molecule has 1 aromatic rings. The number of nitrogens with zero attached hydrogens (tertiary/aromatic N) is 3. The highest BCUT2D eigenvalue weighted by atomic mass is 35.5. The van der Waals surface area contributed by atoms with Crippen molar-refractivity contribution in [3.8, 4) is 0 Å². The summed E-state index contributed by atoms with van der Waals surface area (Å²) in [6.45, 7) is 6.21. The molecule has 0 amide bonds. The molecule has 0 aliphatic rings. The first-order valence-corrected chi connectivity index (χ1v) is 6.40. The monoisotopic (exact) mass is 259 g/mol. The average Bonchev–Trinajstić information content (AvgIpc) is 2.75. The Morgan fingerprint density at radius 3 is 2.53 bits per heavy atom. The van der Waals surface area contributed by atoms with Crippen LogP contribution >= 0.6 is 11.6 Å². The molecule has 0 atom stereocenters. The molecule has 0 radical (unpaired) electrons. The van der Waals surface area contributed by atoms with Crippen molar-refractivity contribution in [2.45, 2.75) is 45.5 Å². The number of alkyl halides is 1. The molecular formula is C11H18ClN3O2. The minimum absolute atomic E-state index is 0.206. The first kappa shape index (κ1) is 14.0. The number of rotatable bonds is 6. The van der Waals surface area contributed by atoms with E-state index in [2.05, 4.69) is 24.2 Å². The van der Waals surface area contributed by atoms with Crippen LogP contribution in [0.4, 0.5) is 0 Å². The van der Waals surface area contributed by atoms with Gasteiger partial charge in [0.05, 0.1) is 24.2 Å². The molecule has 17 heavy (non-hydrogen) atoms. The van der Waals surface area contributed by atoms with Crippen LogP contribution in [0.3, 0.4) is 0 Å². The summed E-state index contributed by atoms with van der Waals surface area (Å²) in [5.41, 5.74) is 0.868. The largest absolute Gasteiger partial charge is 0.461 e.